The first-order chi connectivity index (χ1) is 22.5. The van der Waals surface area contributed by atoms with E-state index in [-0.39, 0.29) is 18.4 Å². The van der Waals surface area contributed by atoms with E-state index in [1.165, 1.54) is 24.4 Å². The first-order valence-corrected chi connectivity index (χ1v) is 15.3. The highest BCUT2D eigenvalue weighted by atomic mass is 32.2. The van der Waals surface area contributed by atoms with Gasteiger partial charge in [0.15, 0.2) is 5.82 Å². The number of aliphatic hydroxyl groups excluding tert-OH is 1. The van der Waals surface area contributed by atoms with Gasteiger partial charge in [0.1, 0.15) is 41.6 Å². The van der Waals surface area contributed by atoms with E-state index in [0.717, 1.165) is 5.56 Å². The molecular weight excluding hydrogens is 645 g/mol. The fourth-order valence-corrected chi connectivity index (χ4v) is 5.57. The Morgan fingerprint density at radius 3 is 2.57 bits per heavy atom. The van der Waals surface area contributed by atoms with Gasteiger partial charge in [-0.2, -0.15) is 13.2 Å². The van der Waals surface area contributed by atoms with Gasteiger partial charge in [-0.1, -0.05) is 11.8 Å². The number of aromatic nitrogens is 3. The molecule has 0 unspecified atom stereocenters. The van der Waals surface area contributed by atoms with Crippen molar-refractivity contribution in [2.45, 2.75) is 36.8 Å². The number of methoxy groups -OCH3 is 3. The van der Waals surface area contributed by atoms with Gasteiger partial charge in [-0.15, -0.1) is 11.8 Å². The quantitative estimate of drug-likeness (QED) is 0.0904. The van der Waals surface area contributed by atoms with Crippen LogP contribution in [0.2, 0.25) is 0 Å². The lowest BCUT2D eigenvalue weighted by Gasteiger charge is -2.17. The lowest BCUT2D eigenvalue weighted by atomic mass is 10.2. The number of thioether (sulfide) groups is 1. The van der Waals surface area contributed by atoms with E-state index in [1.54, 1.807) is 68.5 Å². The second-order valence-corrected chi connectivity index (χ2v) is 11.2. The summed E-state index contributed by atoms with van der Waals surface area (Å²) in [5.74, 6) is 6.14. The van der Waals surface area contributed by atoms with Crippen molar-refractivity contribution in [2.24, 2.45) is 4.99 Å². The Morgan fingerprint density at radius 2 is 1.96 bits per heavy atom. The molecule has 47 heavy (non-hydrogen) atoms. The Labute approximate surface area is 273 Å². The van der Waals surface area contributed by atoms with Crippen molar-refractivity contribution >= 4 is 40.9 Å². The van der Waals surface area contributed by atoms with Crippen LogP contribution in [0, 0.1) is 11.8 Å². The highest BCUT2D eigenvalue weighted by molar-refractivity contribution is 7.98. The van der Waals surface area contributed by atoms with Crippen LogP contribution < -0.4 is 19.5 Å². The molecule has 254 valence electrons. The summed E-state index contributed by atoms with van der Waals surface area (Å²) in [7, 11) is 8.25. The Hall–Kier alpha value is -4.24. The van der Waals surface area contributed by atoms with Crippen LogP contribution >= 0.6 is 11.8 Å². The molecule has 1 amide bonds. The molecule has 3 aromatic rings. The lowest BCUT2D eigenvalue weighted by Crippen LogP contribution is -2.36. The fourth-order valence-electron chi connectivity index (χ4n) is 4.73. The molecule has 0 bridgehead atoms. The molecule has 0 aliphatic carbocycles. The molecule has 2 aromatic heterocycles. The molecule has 1 aliphatic heterocycles. The summed E-state index contributed by atoms with van der Waals surface area (Å²) in [6, 6.07) is 3.55. The van der Waals surface area contributed by atoms with Crippen molar-refractivity contribution in [3.63, 3.8) is 0 Å². The molecule has 1 aromatic carbocycles. The van der Waals surface area contributed by atoms with Gasteiger partial charge in [-0.3, -0.25) is 4.79 Å². The monoisotopic (exact) mass is 680 g/mol. The molecule has 4 rings (SSSR count). The molecule has 13 nitrogen and oxygen atoms in total. The number of nitrogens with one attached hydrogen (secondary N) is 1. The minimum Gasteiger partial charge on any atom is -0.496 e. The van der Waals surface area contributed by atoms with E-state index in [1.807, 2.05) is 0 Å². The number of carbonyl (C=O) groups excluding carboxylic acids is 1. The second-order valence-electron chi connectivity index (χ2n) is 10.3. The van der Waals surface area contributed by atoms with Crippen LogP contribution in [0.4, 0.5) is 19.0 Å². The molecule has 1 aliphatic rings. The van der Waals surface area contributed by atoms with Crippen LogP contribution in [0.25, 0.3) is 11.0 Å². The van der Waals surface area contributed by atoms with Gasteiger partial charge in [0, 0.05) is 50.2 Å². The third kappa shape index (κ3) is 8.77. The summed E-state index contributed by atoms with van der Waals surface area (Å²) < 4.78 is 68.1. The molecule has 0 spiro atoms. The average molecular weight is 681 g/mol. The number of halogens is 3. The van der Waals surface area contributed by atoms with Crippen molar-refractivity contribution in [3.8, 4) is 29.1 Å². The number of amides is 1. The van der Waals surface area contributed by atoms with E-state index in [9.17, 15) is 23.1 Å². The number of nitrogens with zero attached hydrogens (tertiary/aromatic N) is 5. The van der Waals surface area contributed by atoms with Crippen molar-refractivity contribution in [1.82, 2.24) is 24.8 Å². The fraction of sp³-hybridized carbons (Fsp3) is 0.467. The van der Waals surface area contributed by atoms with Gasteiger partial charge in [0.2, 0.25) is 0 Å². The SMILES string of the molecule is COc1cc(OC)c(CSCO[C@H]2C[C@H](n3cc(C#CCNC(=O)C(F)(F)F)c4c(/N=C/N(C)C)ncnc43)O[C@@H]2CO)c(OC)c1. The smallest absolute Gasteiger partial charge is 0.471 e. The Kier molecular flexibility index (Phi) is 12.2. The minimum atomic E-state index is -5.02. The first kappa shape index (κ1) is 35.6. The Morgan fingerprint density at radius 1 is 1.23 bits per heavy atom. The topological polar surface area (TPSA) is 142 Å². The van der Waals surface area contributed by atoms with Crippen LogP contribution in [0.15, 0.2) is 29.6 Å². The summed E-state index contributed by atoms with van der Waals surface area (Å²) in [5.41, 5.74) is 1.60. The summed E-state index contributed by atoms with van der Waals surface area (Å²) in [4.78, 5) is 26.0. The number of fused-ring (bicyclic) bond motifs is 1. The highest BCUT2D eigenvalue weighted by Gasteiger charge is 2.39. The van der Waals surface area contributed by atoms with E-state index in [4.69, 9.17) is 23.7 Å². The van der Waals surface area contributed by atoms with E-state index in [0.29, 0.717) is 46.0 Å². The maximum atomic E-state index is 12.6. The highest BCUT2D eigenvalue weighted by Crippen LogP contribution is 2.39. The molecule has 0 radical (unpaired) electrons. The summed E-state index contributed by atoms with van der Waals surface area (Å²) in [6.07, 6.45) is -1.94. The van der Waals surface area contributed by atoms with Gasteiger partial charge in [0.05, 0.1) is 63.8 Å². The molecule has 2 N–H and O–H groups in total. The maximum Gasteiger partial charge on any atom is 0.471 e. The molecule has 17 heteroatoms. The molecule has 1 saturated heterocycles. The Balaban J connectivity index is 1.53. The first-order valence-electron chi connectivity index (χ1n) is 14.1. The zero-order chi connectivity index (χ0) is 34.1. The summed E-state index contributed by atoms with van der Waals surface area (Å²) in [5, 5.41) is 12.3. The zero-order valence-corrected chi connectivity index (χ0v) is 27.1. The van der Waals surface area contributed by atoms with E-state index < -0.39 is 37.1 Å². The molecule has 1 fully saturated rings. The van der Waals surface area contributed by atoms with Crippen LogP contribution in [0.3, 0.4) is 0 Å². The number of alkyl halides is 3. The molecule has 3 atom stereocenters. The van der Waals surface area contributed by atoms with Crippen LogP contribution in [-0.2, 0) is 20.0 Å². The summed E-state index contributed by atoms with van der Waals surface area (Å²) in [6.45, 7) is -0.840. The summed E-state index contributed by atoms with van der Waals surface area (Å²) >= 11 is 1.48. The Bertz CT molecular complexity index is 1610. The normalized spacial score (nSPS) is 17.9. The number of hydrogen-bond acceptors (Lipinski definition) is 11. The van der Waals surface area contributed by atoms with E-state index in [2.05, 4.69) is 26.8 Å². The third-order valence-electron chi connectivity index (χ3n) is 6.92. The number of ether oxygens (including phenoxy) is 5. The minimum absolute atomic E-state index is 0.272. The number of carbonyl (C=O) groups is 1. The standard InChI is InChI=1S/C30H35F3N6O7S/c1-38(2)16-37-27-26-18(7-6-8-34-29(41)30(31,32)33)12-39(28(26)36-15-35-27)25-11-23(24(13-40)46-25)45-17-47-14-20-21(43-4)9-19(42-3)10-22(20)44-5/h9-10,12,15-16,23-25,40H,8,11,13-14,17H2,1-5H3,(H,34,41)/b37-16+/t23-,24+,25+/m0/s1. The number of aliphatic imine (C=N–C) groups is 1. The van der Waals surface area contributed by atoms with Crippen molar-refractivity contribution < 1.29 is 46.8 Å². The van der Waals surface area contributed by atoms with Crippen molar-refractivity contribution in [1.29, 1.82) is 0 Å². The number of hydrogen-bond donors (Lipinski definition) is 2. The second kappa shape index (κ2) is 16.0. The van der Waals surface area contributed by atoms with Crippen LogP contribution in [-0.4, -0.2) is 110 Å². The number of aliphatic hydroxyl groups is 1. The van der Waals surface area contributed by atoms with Gasteiger partial charge < -0.3 is 43.6 Å². The maximum absolute atomic E-state index is 12.6. The van der Waals surface area contributed by atoms with Crippen LogP contribution in [0.5, 0.6) is 17.2 Å². The largest absolute Gasteiger partial charge is 0.496 e. The van der Waals surface area contributed by atoms with Crippen molar-refractivity contribution in [2.75, 3.05) is 54.5 Å². The van der Waals surface area contributed by atoms with Gasteiger partial charge in [0.25, 0.3) is 0 Å². The average Bonchev–Trinajstić information content (AvgIpc) is 3.64. The number of benzene rings is 1. The number of rotatable bonds is 13. The van der Waals surface area contributed by atoms with Gasteiger partial charge in [-0.05, 0) is 0 Å². The molecule has 3 heterocycles. The van der Waals surface area contributed by atoms with Gasteiger partial charge in [-0.25, -0.2) is 15.0 Å². The lowest BCUT2D eigenvalue weighted by molar-refractivity contribution is -0.173. The predicted octanol–water partition coefficient (Wildman–Crippen LogP) is 3.26. The van der Waals surface area contributed by atoms with E-state index >= 15 is 0 Å². The zero-order valence-electron chi connectivity index (χ0n) is 26.3. The van der Waals surface area contributed by atoms with Gasteiger partial charge >= 0.3 is 12.1 Å². The molecule has 0 saturated carbocycles. The van der Waals surface area contributed by atoms with Crippen molar-refractivity contribution in [3.05, 3.63) is 35.8 Å². The molecular formula is C30H35F3N6O7S. The predicted molar refractivity (Wildman–Crippen MR) is 168 cm³/mol. The third-order valence-corrected chi connectivity index (χ3v) is 7.71. The van der Waals surface area contributed by atoms with Crippen LogP contribution in [0.1, 0.15) is 23.8 Å².